The average Bonchev–Trinajstić information content (AvgIpc) is 2.97. The fourth-order valence-corrected chi connectivity index (χ4v) is 3.87. The number of aryl methyl sites for hydroxylation is 1. The van der Waals surface area contributed by atoms with Crippen LogP contribution in [0.15, 0.2) is 24.3 Å². The van der Waals surface area contributed by atoms with E-state index in [-0.39, 0.29) is 5.41 Å². The number of hydrogen-bond acceptors (Lipinski definition) is 2. The van der Waals surface area contributed by atoms with Gasteiger partial charge in [-0.25, -0.2) is 0 Å². The van der Waals surface area contributed by atoms with Crippen molar-refractivity contribution in [1.82, 2.24) is 5.32 Å². The summed E-state index contributed by atoms with van der Waals surface area (Å²) >= 11 is 0. The number of benzene rings is 1. The summed E-state index contributed by atoms with van der Waals surface area (Å²) in [7, 11) is 0. The van der Waals surface area contributed by atoms with E-state index in [1.165, 1.54) is 5.56 Å². The molecule has 3 rings (SSSR count). The highest BCUT2D eigenvalue weighted by atomic mass is 16.2. The second-order valence-electron chi connectivity index (χ2n) is 6.93. The van der Waals surface area contributed by atoms with Crippen molar-refractivity contribution in [3.63, 3.8) is 0 Å². The summed E-state index contributed by atoms with van der Waals surface area (Å²) in [5, 5.41) is 3.41. The van der Waals surface area contributed by atoms with Crippen LogP contribution >= 0.6 is 0 Å². The molecule has 0 aliphatic carbocycles. The molecule has 2 heterocycles. The van der Waals surface area contributed by atoms with E-state index >= 15 is 0 Å². The second kappa shape index (κ2) is 5.45. The van der Waals surface area contributed by atoms with Crippen molar-refractivity contribution in [2.45, 2.75) is 46.1 Å². The van der Waals surface area contributed by atoms with Crippen LogP contribution in [-0.4, -0.2) is 25.0 Å². The Hall–Kier alpha value is -1.35. The van der Waals surface area contributed by atoms with Gasteiger partial charge in [-0.05, 0) is 50.3 Å². The first-order valence-electron chi connectivity index (χ1n) is 8.18. The number of anilines is 1. The molecule has 2 aliphatic heterocycles. The Morgan fingerprint density at radius 2 is 2.14 bits per heavy atom. The largest absolute Gasteiger partial charge is 0.316 e. The molecule has 114 valence electrons. The van der Waals surface area contributed by atoms with Crippen LogP contribution in [0.5, 0.6) is 0 Å². The maximum atomic E-state index is 13.4. The molecule has 2 atom stereocenters. The van der Waals surface area contributed by atoms with E-state index in [4.69, 9.17) is 0 Å². The van der Waals surface area contributed by atoms with Gasteiger partial charge in [-0.1, -0.05) is 32.0 Å². The lowest BCUT2D eigenvalue weighted by atomic mass is 9.74. The quantitative estimate of drug-likeness (QED) is 0.906. The number of hydrogen-bond donors (Lipinski definition) is 1. The van der Waals surface area contributed by atoms with Gasteiger partial charge in [0.25, 0.3) is 0 Å². The maximum absolute atomic E-state index is 13.4. The Kier molecular flexibility index (Phi) is 3.78. The second-order valence-corrected chi connectivity index (χ2v) is 6.93. The van der Waals surface area contributed by atoms with E-state index in [0.29, 0.717) is 17.9 Å². The van der Waals surface area contributed by atoms with Crippen molar-refractivity contribution in [3.05, 3.63) is 29.8 Å². The summed E-state index contributed by atoms with van der Waals surface area (Å²) in [5.41, 5.74) is 2.21. The van der Waals surface area contributed by atoms with Gasteiger partial charge >= 0.3 is 0 Å². The third-order valence-corrected chi connectivity index (χ3v) is 5.46. The van der Waals surface area contributed by atoms with E-state index in [1.807, 2.05) is 6.07 Å². The van der Waals surface area contributed by atoms with E-state index < -0.39 is 0 Å². The zero-order valence-electron chi connectivity index (χ0n) is 13.4. The zero-order chi connectivity index (χ0) is 15.0. The molecule has 0 spiro atoms. The minimum atomic E-state index is -0.237. The van der Waals surface area contributed by atoms with E-state index in [0.717, 1.165) is 38.0 Å². The number of nitrogens with one attached hydrogen (secondary N) is 1. The van der Waals surface area contributed by atoms with Crippen molar-refractivity contribution >= 4 is 11.6 Å². The van der Waals surface area contributed by atoms with Crippen molar-refractivity contribution in [2.75, 3.05) is 18.0 Å². The molecule has 1 aromatic carbocycles. The topological polar surface area (TPSA) is 32.3 Å². The lowest BCUT2D eigenvalue weighted by Crippen LogP contribution is -2.53. The Bertz CT molecular complexity index is 532. The molecule has 2 aliphatic rings. The summed E-state index contributed by atoms with van der Waals surface area (Å²) < 4.78 is 0. The van der Waals surface area contributed by atoms with Gasteiger partial charge < -0.3 is 10.2 Å². The standard InChI is InChI=1S/C18H26N2O/c1-13(2)18(10-11-19-12-18)17(21)20-14(3)8-9-15-6-4-5-7-16(15)20/h4-7,13-14,19H,8-12H2,1-3H3. The first kappa shape index (κ1) is 14.6. The minimum absolute atomic E-state index is 0.237. The predicted molar refractivity (Wildman–Crippen MR) is 86.5 cm³/mol. The first-order valence-corrected chi connectivity index (χ1v) is 8.18. The summed E-state index contributed by atoms with van der Waals surface area (Å²) in [5.74, 6) is 0.684. The van der Waals surface area contributed by atoms with Gasteiger partial charge in [-0.3, -0.25) is 4.79 Å². The van der Waals surface area contributed by atoms with Gasteiger partial charge in [-0.15, -0.1) is 0 Å². The van der Waals surface area contributed by atoms with Gasteiger partial charge in [0.2, 0.25) is 5.91 Å². The van der Waals surface area contributed by atoms with Crippen molar-refractivity contribution in [2.24, 2.45) is 11.3 Å². The van der Waals surface area contributed by atoms with Crippen LogP contribution in [-0.2, 0) is 11.2 Å². The number of nitrogens with zero attached hydrogens (tertiary/aromatic N) is 1. The van der Waals surface area contributed by atoms with Gasteiger partial charge in [0.05, 0.1) is 5.41 Å². The van der Waals surface area contributed by atoms with E-state index in [9.17, 15) is 4.79 Å². The molecule has 3 heteroatoms. The molecule has 0 aromatic heterocycles. The normalized spacial score (nSPS) is 28.8. The molecule has 1 amide bonds. The zero-order valence-corrected chi connectivity index (χ0v) is 13.4. The Balaban J connectivity index is 2.01. The number of rotatable bonds is 2. The monoisotopic (exact) mass is 286 g/mol. The fourth-order valence-electron chi connectivity index (χ4n) is 3.87. The number of carbonyl (C=O) groups excluding carboxylic acids is 1. The van der Waals surface area contributed by atoms with Crippen LogP contribution in [0.3, 0.4) is 0 Å². The molecule has 3 nitrogen and oxygen atoms in total. The number of fused-ring (bicyclic) bond motifs is 1. The van der Waals surface area contributed by atoms with Crippen molar-refractivity contribution < 1.29 is 4.79 Å². The lowest BCUT2D eigenvalue weighted by Gasteiger charge is -2.42. The lowest BCUT2D eigenvalue weighted by molar-refractivity contribution is -0.130. The number of amides is 1. The predicted octanol–water partition coefficient (Wildman–Crippen LogP) is 2.99. The van der Waals surface area contributed by atoms with Crippen LogP contribution in [0.1, 0.15) is 39.2 Å². The van der Waals surface area contributed by atoms with Crippen molar-refractivity contribution in [3.8, 4) is 0 Å². The third-order valence-electron chi connectivity index (χ3n) is 5.46. The molecule has 1 saturated heterocycles. The highest BCUT2D eigenvalue weighted by molar-refractivity contribution is 5.99. The molecule has 1 N–H and O–H groups in total. The van der Waals surface area contributed by atoms with Gasteiger partial charge in [0.15, 0.2) is 0 Å². The molecule has 1 aromatic rings. The van der Waals surface area contributed by atoms with Crippen LogP contribution in [0.2, 0.25) is 0 Å². The molecular weight excluding hydrogens is 260 g/mol. The van der Waals surface area contributed by atoms with Gasteiger partial charge in [-0.2, -0.15) is 0 Å². The van der Waals surface area contributed by atoms with Gasteiger partial charge in [0, 0.05) is 18.3 Å². The molecule has 1 fully saturated rings. The fraction of sp³-hybridized carbons (Fsp3) is 0.611. The maximum Gasteiger partial charge on any atom is 0.235 e. The SMILES string of the molecule is CC1CCc2ccccc2N1C(=O)C1(C(C)C)CCNC1. The van der Waals surface area contributed by atoms with Crippen molar-refractivity contribution in [1.29, 1.82) is 0 Å². The molecule has 0 bridgehead atoms. The molecule has 2 unspecified atom stereocenters. The van der Waals surface area contributed by atoms with E-state index in [2.05, 4.69) is 49.2 Å². The smallest absolute Gasteiger partial charge is 0.235 e. The molecular formula is C18H26N2O. The van der Waals surface area contributed by atoms with E-state index in [1.54, 1.807) is 0 Å². The first-order chi connectivity index (χ1) is 10.1. The molecule has 21 heavy (non-hydrogen) atoms. The Morgan fingerprint density at radius 1 is 1.38 bits per heavy atom. The minimum Gasteiger partial charge on any atom is -0.316 e. The molecule has 0 radical (unpaired) electrons. The number of para-hydroxylation sites is 1. The summed E-state index contributed by atoms with van der Waals surface area (Å²) in [4.78, 5) is 15.5. The third kappa shape index (κ3) is 2.28. The van der Waals surface area contributed by atoms with Crippen LogP contribution in [0.25, 0.3) is 0 Å². The van der Waals surface area contributed by atoms with Crippen LogP contribution in [0, 0.1) is 11.3 Å². The number of carbonyl (C=O) groups is 1. The summed E-state index contributed by atoms with van der Waals surface area (Å²) in [6.45, 7) is 8.32. The average molecular weight is 286 g/mol. The highest BCUT2D eigenvalue weighted by Crippen LogP contribution is 2.40. The van der Waals surface area contributed by atoms with Crippen LogP contribution in [0.4, 0.5) is 5.69 Å². The highest BCUT2D eigenvalue weighted by Gasteiger charge is 2.47. The summed E-state index contributed by atoms with van der Waals surface area (Å²) in [6, 6.07) is 8.69. The Labute approximate surface area is 127 Å². The van der Waals surface area contributed by atoms with Crippen LogP contribution < -0.4 is 10.2 Å². The van der Waals surface area contributed by atoms with Gasteiger partial charge in [0.1, 0.15) is 0 Å². The molecule has 0 saturated carbocycles. The Morgan fingerprint density at radius 3 is 2.81 bits per heavy atom. The summed E-state index contributed by atoms with van der Waals surface area (Å²) in [6.07, 6.45) is 3.09.